The van der Waals surface area contributed by atoms with Gasteiger partial charge in [0, 0.05) is 12.2 Å². The Morgan fingerprint density at radius 1 is 1.50 bits per heavy atom. The molecule has 18 heavy (non-hydrogen) atoms. The third kappa shape index (κ3) is 2.49. The minimum Gasteiger partial charge on any atom is -0.382 e. The van der Waals surface area contributed by atoms with Crippen molar-refractivity contribution in [1.82, 2.24) is 4.98 Å². The largest absolute Gasteiger partial charge is 0.382 e. The lowest BCUT2D eigenvalue weighted by Crippen LogP contribution is -2.24. The molecular weight excluding hydrogens is 244 g/mol. The molecule has 0 amide bonds. The van der Waals surface area contributed by atoms with E-state index in [0.29, 0.717) is 6.10 Å². The van der Waals surface area contributed by atoms with Crippen LogP contribution in [0.25, 0.3) is 10.2 Å². The minimum atomic E-state index is 0.0496. The van der Waals surface area contributed by atoms with E-state index in [1.807, 2.05) is 5.51 Å². The normalized spacial score (nSPS) is 22.4. The molecule has 0 saturated carbocycles. The first-order chi connectivity index (χ1) is 8.62. The Balaban J connectivity index is 1.63. The number of fused-ring (bicyclic) bond motifs is 1. The van der Waals surface area contributed by atoms with Crippen LogP contribution in [-0.4, -0.2) is 23.2 Å². The molecule has 1 saturated heterocycles. The Morgan fingerprint density at radius 2 is 2.39 bits per heavy atom. The Labute approximate surface area is 111 Å². The molecular formula is C14H18N2OS. The molecule has 3 rings (SSSR count). The Bertz CT molecular complexity index is 549. The molecule has 0 radical (unpaired) electrons. The second-order valence-electron chi connectivity index (χ2n) is 5.45. The molecule has 1 fully saturated rings. The number of ether oxygens (including phenoxy) is 1. The highest BCUT2D eigenvalue weighted by molar-refractivity contribution is 7.16. The molecule has 2 aromatic rings. The van der Waals surface area contributed by atoms with Gasteiger partial charge in [0.05, 0.1) is 27.4 Å². The Morgan fingerprint density at radius 3 is 3.17 bits per heavy atom. The van der Waals surface area contributed by atoms with E-state index in [0.717, 1.165) is 30.6 Å². The van der Waals surface area contributed by atoms with Gasteiger partial charge in [-0.05, 0) is 44.9 Å². The standard InChI is InChI=1S/C14H18N2OS/c1-14(2)6-5-11(17-14)8-15-10-3-4-12-13(7-10)18-9-16-12/h3-4,7,9,11,15H,5-6,8H2,1-2H3. The van der Waals surface area contributed by atoms with Crippen molar-refractivity contribution in [2.24, 2.45) is 0 Å². The fraction of sp³-hybridized carbons (Fsp3) is 0.500. The van der Waals surface area contributed by atoms with Crippen molar-refractivity contribution in [2.45, 2.75) is 38.4 Å². The fourth-order valence-corrected chi connectivity index (χ4v) is 3.13. The van der Waals surface area contributed by atoms with Crippen LogP contribution in [0.3, 0.4) is 0 Å². The first-order valence-corrected chi connectivity index (χ1v) is 7.25. The molecule has 1 atom stereocenters. The molecule has 0 bridgehead atoms. The fourth-order valence-electron chi connectivity index (χ4n) is 2.42. The number of thiazole rings is 1. The number of rotatable bonds is 3. The molecule has 1 aromatic carbocycles. The predicted molar refractivity (Wildman–Crippen MR) is 76.3 cm³/mol. The quantitative estimate of drug-likeness (QED) is 0.916. The highest BCUT2D eigenvalue weighted by Crippen LogP contribution is 2.29. The van der Waals surface area contributed by atoms with Crippen molar-refractivity contribution in [3.63, 3.8) is 0 Å². The van der Waals surface area contributed by atoms with Crippen molar-refractivity contribution in [1.29, 1.82) is 0 Å². The summed E-state index contributed by atoms with van der Waals surface area (Å²) in [5.74, 6) is 0. The Hall–Kier alpha value is -1.13. The topological polar surface area (TPSA) is 34.2 Å². The third-order valence-corrected chi connectivity index (χ3v) is 4.21. The maximum Gasteiger partial charge on any atom is 0.0813 e. The number of aromatic nitrogens is 1. The van der Waals surface area contributed by atoms with Gasteiger partial charge < -0.3 is 10.1 Å². The molecule has 1 N–H and O–H groups in total. The summed E-state index contributed by atoms with van der Waals surface area (Å²) in [6.45, 7) is 5.21. The summed E-state index contributed by atoms with van der Waals surface area (Å²) in [5.41, 5.74) is 4.16. The van der Waals surface area contributed by atoms with Crippen LogP contribution in [-0.2, 0) is 4.74 Å². The van der Waals surface area contributed by atoms with E-state index in [1.165, 1.54) is 4.70 Å². The van der Waals surface area contributed by atoms with Crippen molar-refractivity contribution in [3.8, 4) is 0 Å². The lowest BCUT2D eigenvalue weighted by atomic mass is 10.1. The second kappa shape index (κ2) is 4.52. The molecule has 1 aliphatic rings. The molecule has 0 aliphatic carbocycles. The van der Waals surface area contributed by atoms with Crippen LogP contribution in [0.1, 0.15) is 26.7 Å². The summed E-state index contributed by atoms with van der Waals surface area (Å²) in [7, 11) is 0. The zero-order chi connectivity index (χ0) is 12.6. The van der Waals surface area contributed by atoms with Crippen LogP contribution in [0.15, 0.2) is 23.7 Å². The summed E-state index contributed by atoms with van der Waals surface area (Å²) < 4.78 is 7.20. The minimum absolute atomic E-state index is 0.0496. The van der Waals surface area contributed by atoms with Gasteiger partial charge in [-0.25, -0.2) is 4.98 Å². The monoisotopic (exact) mass is 262 g/mol. The van der Waals surface area contributed by atoms with Gasteiger partial charge in [-0.2, -0.15) is 0 Å². The lowest BCUT2D eigenvalue weighted by Gasteiger charge is -2.19. The van der Waals surface area contributed by atoms with Crippen molar-refractivity contribution < 1.29 is 4.74 Å². The molecule has 3 nitrogen and oxygen atoms in total. The van der Waals surface area contributed by atoms with Crippen LogP contribution in [0.5, 0.6) is 0 Å². The number of anilines is 1. The van der Waals surface area contributed by atoms with Crippen LogP contribution in [0, 0.1) is 0 Å². The van der Waals surface area contributed by atoms with E-state index in [1.54, 1.807) is 11.3 Å². The third-order valence-electron chi connectivity index (χ3n) is 3.42. The molecule has 2 heterocycles. The molecule has 1 aliphatic heterocycles. The Kier molecular flexibility index (Phi) is 2.99. The molecule has 1 aromatic heterocycles. The average Bonchev–Trinajstić information content (AvgIpc) is 2.92. The van der Waals surface area contributed by atoms with Gasteiger partial charge in [0.2, 0.25) is 0 Å². The number of hydrogen-bond acceptors (Lipinski definition) is 4. The van der Waals surface area contributed by atoms with Gasteiger partial charge in [-0.3, -0.25) is 0 Å². The van der Waals surface area contributed by atoms with Crippen molar-refractivity contribution in [3.05, 3.63) is 23.7 Å². The zero-order valence-corrected chi connectivity index (χ0v) is 11.6. The van der Waals surface area contributed by atoms with E-state index >= 15 is 0 Å². The van der Waals surface area contributed by atoms with Gasteiger partial charge in [0.25, 0.3) is 0 Å². The number of benzene rings is 1. The summed E-state index contributed by atoms with van der Waals surface area (Å²) in [6, 6.07) is 6.31. The van der Waals surface area contributed by atoms with Crippen molar-refractivity contribution in [2.75, 3.05) is 11.9 Å². The maximum absolute atomic E-state index is 5.97. The number of hydrogen-bond donors (Lipinski definition) is 1. The van der Waals surface area contributed by atoms with Crippen LogP contribution in [0.2, 0.25) is 0 Å². The van der Waals surface area contributed by atoms with Gasteiger partial charge in [-0.15, -0.1) is 11.3 Å². The predicted octanol–water partition coefficient (Wildman–Crippen LogP) is 3.67. The van der Waals surface area contributed by atoms with Crippen LogP contribution in [0.4, 0.5) is 5.69 Å². The summed E-state index contributed by atoms with van der Waals surface area (Å²) in [6.07, 6.45) is 2.62. The number of nitrogens with one attached hydrogen (secondary N) is 1. The average molecular weight is 262 g/mol. The highest BCUT2D eigenvalue weighted by atomic mass is 32.1. The van der Waals surface area contributed by atoms with E-state index in [9.17, 15) is 0 Å². The molecule has 4 heteroatoms. The SMILES string of the molecule is CC1(C)CCC(CNc2ccc3ncsc3c2)O1. The van der Waals surface area contributed by atoms with E-state index in [2.05, 4.69) is 42.3 Å². The second-order valence-corrected chi connectivity index (χ2v) is 6.34. The molecule has 96 valence electrons. The highest BCUT2D eigenvalue weighted by Gasteiger charge is 2.31. The van der Waals surface area contributed by atoms with Crippen LogP contribution >= 0.6 is 11.3 Å². The van der Waals surface area contributed by atoms with E-state index in [-0.39, 0.29) is 5.60 Å². The van der Waals surface area contributed by atoms with Gasteiger partial charge in [-0.1, -0.05) is 0 Å². The van der Waals surface area contributed by atoms with Crippen molar-refractivity contribution >= 4 is 27.2 Å². The van der Waals surface area contributed by atoms with Gasteiger partial charge in [0.1, 0.15) is 0 Å². The lowest BCUT2D eigenvalue weighted by molar-refractivity contribution is -0.00910. The smallest absolute Gasteiger partial charge is 0.0813 e. The summed E-state index contributed by atoms with van der Waals surface area (Å²) in [4.78, 5) is 4.28. The molecule has 1 unspecified atom stereocenters. The first-order valence-electron chi connectivity index (χ1n) is 6.37. The summed E-state index contributed by atoms with van der Waals surface area (Å²) >= 11 is 1.68. The number of nitrogens with zero attached hydrogens (tertiary/aromatic N) is 1. The van der Waals surface area contributed by atoms with Crippen LogP contribution < -0.4 is 5.32 Å². The van der Waals surface area contributed by atoms with E-state index in [4.69, 9.17) is 4.74 Å². The summed E-state index contributed by atoms with van der Waals surface area (Å²) in [5, 5.41) is 3.46. The van der Waals surface area contributed by atoms with Gasteiger partial charge >= 0.3 is 0 Å². The first kappa shape index (κ1) is 11.9. The van der Waals surface area contributed by atoms with E-state index < -0.39 is 0 Å². The van der Waals surface area contributed by atoms with Gasteiger partial charge in [0.15, 0.2) is 0 Å². The maximum atomic E-state index is 5.97. The zero-order valence-electron chi connectivity index (χ0n) is 10.8. The molecule has 0 spiro atoms.